The summed E-state index contributed by atoms with van der Waals surface area (Å²) >= 11 is 1.16. The highest BCUT2D eigenvalue weighted by Crippen LogP contribution is 2.17. The lowest BCUT2D eigenvalue weighted by Crippen LogP contribution is -2.24. The number of thiazole rings is 1. The molecule has 0 saturated heterocycles. The van der Waals surface area contributed by atoms with E-state index in [0.29, 0.717) is 0 Å². The summed E-state index contributed by atoms with van der Waals surface area (Å²) in [6.07, 6.45) is 0. The number of para-hydroxylation sites is 2. The maximum Gasteiger partial charge on any atom is 0.308 e. The molecular formula is C16H14N2O2S. The Morgan fingerprint density at radius 1 is 1.14 bits per heavy atom. The molecule has 0 atom stereocenters. The number of aryl methyl sites for hydroxylation is 1. The van der Waals surface area contributed by atoms with Crippen LogP contribution in [-0.4, -0.2) is 10.5 Å². The lowest BCUT2D eigenvalue weighted by molar-refractivity contribution is -0.116. The number of aromatic nitrogens is 1. The first-order valence-electron chi connectivity index (χ1n) is 6.59. The Kier molecular flexibility index (Phi) is 3.58. The van der Waals surface area contributed by atoms with Crippen LogP contribution in [0.2, 0.25) is 0 Å². The molecule has 0 spiro atoms. The molecule has 3 rings (SSSR count). The molecule has 1 N–H and O–H groups in total. The molecule has 0 bridgehead atoms. The highest BCUT2D eigenvalue weighted by atomic mass is 32.1. The zero-order valence-corrected chi connectivity index (χ0v) is 12.3. The number of carbonyl (C=O) groups excluding carboxylic acids is 1. The number of anilines is 1. The average molecular weight is 298 g/mol. The van der Waals surface area contributed by atoms with Crippen molar-refractivity contribution in [1.29, 1.82) is 0 Å². The van der Waals surface area contributed by atoms with Crippen LogP contribution in [0, 0.1) is 6.92 Å². The van der Waals surface area contributed by atoms with E-state index in [1.54, 1.807) is 0 Å². The van der Waals surface area contributed by atoms with Gasteiger partial charge in [-0.15, -0.1) is 0 Å². The van der Waals surface area contributed by atoms with E-state index in [1.165, 1.54) is 4.57 Å². The Bertz CT molecular complexity index is 864. The van der Waals surface area contributed by atoms with Gasteiger partial charge in [-0.05, 0) is 30.7 Å². The summed E-state index contributed by atoms with van der Waals surface area (Å²) in [4.78, 5) is 24.0. The minimum Gasteiger partial charge on any atom is -0.324 e. The van der Waals surface area contributed by atoms with Gasteiger partial charge in [-0.2, -0.15) is 0 Å². The van der Waals surface area contributed by atoms with Gasteiger partial charge in [-0.3, -0.25) is 14.2 Å². The smallest absolute Gasteiger partial charge is 0.308 e. The highest BCUT2D eigenvalue weighted by molar-refractivity contribution is 7.16. The summed E-state index contributed by atoms with van der Waals surface area (Å²) < 4.78 is 2.40. The second kappa shape index (κ2) is 5.54. The summed E-state index contributed by atoms with van der Waals surface area (Å²) in [6, 6.07) is 15.1. The van der Waals surface area contributed by atoms with Crippen LogP contribution in [-0.2, 0) is 11.3 Å². The Morgan fingerprint density at radius 3 is 2.67 bits per heavy atom. The van der Waals surface area contributed by atoms with E-state index in [9.17, 15) is 9.59 Å². The summed E-state index contributed by atoms with van der Waals surface area (Å²) in [7, 11) is 0. The number of benzene rings is 2. The van der Waals surface area contributed by atoms with Crippen molar-refractivity contribution in [1.82, 2.24) is 4.57 Å². The van der Waals surface area contributed by atoms with E-state index in [-0.39, 0.29) is 17.3 Å². The second-order valence-electron chi connectivity index (χ2n) is 4.78. The third kappa shape index (κ3) is 2.73. The predicted molar refractivity (Wildman–Crippen MR) is 85.9 cm³/mol. The number of rotatable bonds is 3. The molecule has 4 nitrogen and oxygen atoms in total. The molecule has 106 valence electrons. The van der Waals surface area contributed by atoms with Gasteiger partial charge in [0.15, 0.2) is 0 Å². The van der Waals surface area contributed by atoms with Crippen LogP contribution < -0.4 is 10.2 Å². The molecule has 0 radical (unpaired) electrons. The molecule has 1 aromatic heterocycles. The number of nitrogens with zero attached hydrogens (tertiary/aromatic N) is 1. The van der Waals surface area contributed by atoms with Crippen molar-refractivity contribution in [3.8, 4) is 0 Å². The maximum atomic E-state index is 12.2. The Morgan fingerprint density at radius 2 is 1.86 bits per heavy atom. The number of hydrogen-bond donors (Lipinski definition) is 1. The van der Waals surface area contributed by atoms with Crippen molar-refractivity contribution in [2.24, 2.45) is 0 Å². The first-order chi connectivity index (χ1) is 10.1. The molecule has 1 amide bonds. The Hall–Kier alpha value is -2.40. The van der Waals surface area contributed by atoms with Gasteiger partial charge in [0.05, 0.1) is 10.2 Å². The van der Waals surface area contributed by atoms with E-state index in [0.717, 1.165) is 32.8 Å². The largest absolute Gasteiger partial charge is 0.324 e. The lowest BCUT2D eigenvalue weighted by Gasteiger charge is -2.08. The normalized spacial score (nSPS) is 10.7. The zero-order chi connectivity index (χ0) is 14.8. The fraction of sp³-hybridized carbons (Fsp3) is 0.125. The summed E-state index contributed by atoms with van der Waals surface area (Å²) in [5, 5.41) is 2.85. The van der Waals surface area contributed by atoms with Gasteiger partial charge in [0.2, 0.25) is 5.91 Å². The minimum atomic E-state index is -0.199. The van der Waals surface area contributed by atoms with Crippen LogP contribution in [0.15, 0.2) is 53.3 Å². The predicted octanol–water partition coefficient (Wildman–Crippen LogP) is 3.01. The van der Waals surface area contributed by atoms with Crippen molar-refractivity contribution < 1.29 is 4.79 Å². The monoisotopic (exact) mass is 298 g/mol. The summed E-state index contributed by atoms with van der Waals surface area (Å²) in [6.45, 7) is 1.96. The molecule has 5 heteroatoms. The molecule has 0 saturated carbocycles. The van der Waals surface area contributed by atoms with Gasteiger partial charge >= 0.3 is 4.87 Å². The van der Waals surface area contributed by atoms with Crippen molar-refractivity contribution in [2.45, 2.75) is 13.5 Å². The van der Waals surface area contributed by atoms with E-state index in [4.69, 9.17) is 0 Å². The topological polar surface area (TPSA) is 51.1 Å². The Labute approximate surface area is 125 Å². The van der Waals surface area contributed by atoms with Gasteiger partial charge in [0.25, 0.3) is 0 Å². The molecule has 0 aliphatic rings. The SMILES string of the molecule is Cc1ccccc1NC(=O)Cn1c(=O)sc2ccccc21. The first kappa shape index (κ1) is 13.6. The molecule has 0 aliphatic heterocycles. The molecular weight excluding hydrogens is 284 g/mol. The van der Waals surface area contributed by atoms with Gasteiger partial charge in [0.1, 0.15) is 6.54 Å². The standard InChI is InChI=1S/C16H14N2O2S/c1-11-6-2-3-7-12(11)17-15(19)10-18-13-8-4-5-9-14(13)21-16(18)20/h2-9H,10H2,1H3,(H,17,19). The maximum absolute atomic E-state index is 12.2. The highest BCUT2D eigenvalue weighted by Gasteiger charge is 2.11. The van der Waals surface area contributed by atoms with E-state index in [1.807, 2.05) is 55.5 Å². The van der Waals surface area contributed by atoms with Crippen LogP contribution in [0.25, 0.3) is 10.2 Å². The number of carbonyl (C=O) groups is 1. The molecule has 3 aromatic rings. The lowest BCUT2D eigenvalue weighted by atomic mass is 10.2. The Balaban J connectivity index is 1.86. The number of nitrogens with one attached hydrogen (secondary N) is 1. The molecule has 0 aliphatic carbocycles. The molecule has 0 unspecified atom stereocenters. The van der Waals surface area contributed by atoms with E-state index in [2.05, 4.69) is 5.32 Å². The summed E-state index contributed by atoms with van der Waals surface area (Å²) in [5.41, 5.74) is 2.57. The zero-order valence-electron chi connectivity index (χ0n) is 11.5. The van der Waals surface area contributed by atoms with E-state index >= 15 is 0 Å². The van der Waals surface area contributed by atoms with Crippen LogP contribution in [0.1, 0.15) is 5.56 Å². The van der Waals surface area contributed by atoms with Gasteiger partial charge in [-0.1, -0.05) is 41.7 Å². The van der Waals surface area contributed by atoms with Crippen molar-refractivity contribution >= 4 is 33.1 Å². The number of amides is 1. The van der Waals surface area contributed by atoms with Gasteiger partial charge < -0.3 is 5.32 Å². The van der Waals surface area contributed by atoms with Crippen molar-refractivity contribution in [3.63, 3.8) is 0 Å². The fourth-order valence-corrected chi connectivity index (χ4v) is 3.10. The third-order valence-electron chi connectivity index (χ3n) is 3.29. The molecule has 0 fully saturated rings. The van der Waals surface area contributed by atoms with Crippen LogP contribution in [0.4, 0.5) is 5.69 Å². The minimum absolute atomic E-state index is 0.0250. The van der Waals surface area contributed by atoms with Crippen LogP contribution >= 0.6 is 11.3 Å². The first-order valence-corrected chi connectivity index (χ1v) is 7.40. The molecule has 2 aromatic carbocycles. The van der Waals surface area contributed by atoms with Gasteiger partial charge in [0, 0.05) is 5.69 Å². The average Bonchev–Trinajstić information content (AvgIpc) is 2.78. The van der Waals surface area contributed by atoms with Gasteiger partial charge in [-0.25, -0.2) is 0 Å². The molecule has 21 heavy (non-hydrogen) atoms. The van der Waals surface area contributed by atoms with Crippen LogP contribution in [0.3, 0.4) is 0 Å². The third-order valence-corrected chi connectivity index (χ3v) is 4.25. The number of hydrogen-bond acceptors (Lipinski definition) is 3. The summed E-state index contributed by atoms with van der Waals surface area (Å²) in [5.74, 6) is -0.199. The van der Waals surface area contributed by atoms with Crippen molar-refractivity contribution in [3.05, 3.63) is 63.8 Å². The molecule has 1 heterocycles. The quantitative estimate of drug-likeness (QED) is 0.808. The fourth-order valence-electron chi connectivity index (χ4n) is 2.21. The van der Waals surface area contributed by atoms with Crippen LogP contribution in [0.5, 0.6) is 0 Å². The number of fused-ring (bicyclic) bond motifs is 1. The van der Waals surface area contributed by atoms with E-state index < -0.39 is 0 Å². The van der Waals surface area contributed by atoms with Crippen molar-refractivity contribution in [2.75, 3.05) is 5.32 Å². The second-order valence-corrected chi connectivity index (χ2v) is 5.78.